The molecule has 0 amide bonds. The van der Waals surface area contributed by atoms with Crippen molar-refractivity contribution in [3.8, 4) is 0 Å². The Morgan fingerprint density at radius 1 is 0.636 bits per heavy atom. The molecule has 2 heteroatoms. The summed E-state index contributed by atoms with van der Waals surface area (Å²) in [5.41, 5.74) is 0. The molecule has 0 aliphatic carbocycles. The SMILES string of the molecule is CCCCCCCCP(=O)(CCCCCCCC)CC(C)C. The van der Waals surface area contributed by atoms with Gasteiger partial charge in [0.2, 0.25) is 0 Å². The number of hydrogen-bond acceptors (Lipinski definition) is 1. The molecule has 134 valence electrons. The molecule has 0 N–H and O–H groups in total. The van der Waals surface area contributed by atoms with Gasteiger partial charge in [-0.2, -0.15) is 0 Å². The highest BCUT2D eigenvalue weighted by Gasteiger charge is 2.22. The van der Waals surface area contributed by atoms with E-state index in [2.05, 4.69) is 27.7 Å². The number of unbranched alkanes of at least 4 members (excludes halogenated alkanes) is 10. The van der Waals surface area contributed by atoms with Gasteiger partial charge in [-0.25, -0.2) is 0 Å². The molecule has 0 rings (SSSR count). The van der Waals surface area contributed by atoms with E-state index in [-0.39, 0.29) is 0 Å². The van der Waals surface area contributed by atoms with Crippen LogP contribution < -0.4 is 0 Å². The van der Waals surface area contributed by atoms with Crippen LogP contribution in [0.5, 0.6) is 0 Å². The van der Waals surface area contributed by atoms with E-state index in [0.29, 0.717) is 5.92 Å². The normalized spacial score (nSPS) is 12.2. The van der Waals surface area contributed by atoms with Crippen LogP contribution in [0.2, 0.25) is 0 Å². The van der Waals surface area contributed by atoms with E-state index in [9.17, 15) is 4.57 Å². The standard InChI is InChI=1S/C20H43OP/c1-5-7-9-11-13-15-17-22(21,19-20(3)4)18-16-14-12-10-8-6-2/h20H,5-19H2,1-4H3. The van der Waals surface area contributed by atoms with Crippen molar-refractivity contribution in [2.75, 3.05) is 18.5 Å². The molecule has 0 unspecified atom stereocenters. The lowest BCUT2D eigenvalue weighted by atomic mass is 10.1. The molecule has 0 aromatic carbocycles. The van der Waals surface area contributed by atoms with E-state index >= 15 is 0 Å². The Morgan fingerprint density at radius 3 is 1.36 bits per heavy atom. The first-order valence-corrected chi connectivity index (χ1v) is 12.4. The fourth-order valence-electron chi connectivity index (χ4n) is 3.32. The lowest BCUT2D eigenvalue weighted by Gasteiger charge is -2.20. The minimum absolute atomic E-state index is 0.589. The molecule has 0 heterocycles. The van der Waals surface area contributed by atoms with Crippen LogP contribution in [-0.4, -0.2) is 18.5 Å². The topological polar surface area (TPSA) is 17.1 Å². The van der Waals surface area contributed by atoms with E-state index in [0.717, 1.165) is 18.5 Å². The minimum Gasteiger partial charge on any atom is -0.324 e. The predicted molar refractivity (Wildman–Crippen MR) is 104 cm³/mol. The van der Waals surface area contributed by atoms with Gasteiger partial charge in [0.1, 0.15) is 0 Å². The van der Waals surface area contributed by atoms with E-state index in [1.165, 1.54) is 77.0 Å². The highest BCUT2D eigenvalue weighted by molar-refractivity contribution is 7.63. The molecule has 0 atom stereocenters. The molecule has 1 nitrogen and oxygen atoms in total. The van der Waals surface area contributed by atoms with Crippen LogP contribution in [0.3, 0.4) is 0 Å². The Morgan fingerprint density at radius 2 is 1.00 bits per heavy atom. The molecule has 0 aliphatic heterocycles. The van der Waals surface area contributed by atoms with Crippen molar-refractivity contribution in [2.24, 2.45) is 5.92 Å². The Kier molecular flexibility index (Phi) is 15.0. The number of hydrogen-bond donors (Lipinski definition) is 0. The van der Waals surface area contributed by atoms with Crippen molar-refractivity contribution < 1.29 is 4.57 Å². The summed E-state index contributed by atoms with van der Waals surface area (Å²) in [6.07, 6.45) is 18.8. The molecule has 0 saturated carbocycles. The first-order valence-electron chi connectivity index (χ1n) is 10.1. The number of rotatable bonds is 16. The summed E-state index contributed by atoms with van der Waals surface area (Å²) in [6, 6.07) is 0. The second kappa shape index (κ2) is 14.8. The van der Waals surface area contributed by atoms with Crippen LogP contribution in [0, 0.1) is 5.92 Å². The quantitative estimate of drug-likeness (QED) is 0.209. The van der Waals surface area contributed by atoms with Crippen molar-refractivity contribution in [3.05, 3.63) is 0 Å². The minimum atomic E-state index is -1.89. The molecule has 0 spiro atoms. The van der Waals surface area contributed by atoms with Crippen LogP contribution in [0.25, 0.3) is 0 Å². The average molecular weight is 331 g/mol. The zero-order valence-electron chi connectivity index (χ0n) is 16.0. The lowest BCUT2D eigenvalue weighted by molar-refractivity contribution is 0.552. The molecular weight excluding hydrogens is 287 g/mol. The summed E-state index contributed by atoms with van der Waals surface area (Å²) in [7, 11) is -1.89. The maximum atomic E-state index is 13.2. The largest absolute Gasteiger partial charge is 0.324 e. The van der Waals surface area contributed by atoms with Crippen molar-refractivity contribution in [3.63, 3.8) is 0 Å². The van der Waals surface area contributed by atoms with E-state index < -0.39 is 7.14 Å². The van der Waals surface area contributed by atoms with Crippen molar-refractivity contribution in [1.82, 2.24) is 0 Å². The molecule has 0 fully saturated rings. The highest BCUT2D eigenvalue weighted by atomic mass is 31.2. The predicted octanol–water partition coefficient (Wildman–Crippen LogP) is 7.73. The maximum absolute atomic E-state index is 13.2. The second-order valence-corrected chi connectivity index (χ2v) is 11.0. The molecule has 0 aromatic heterocycles. The average Bonchev–Trinajstić information content (AvgIpc) is 2.46. The second-order valence-electron chi connectivity index (χ2n) is 7.62. The summed E-state index contributed by atoms with van der Waals surface area (Å²) >= 11 is 0. The molecule has 0 radical (unpaired) electrons. The van der Waals surface area contributed by atoms with Gasteiger partial charge in [0.25, 0.3) is 0 Å². The highest BCUT2D eigenvalue weighted by Crippen LogP contribution is 2.49. The van der Waals surface area contributed by atoms with Crippen molar-refractivity contribution >= 4 is 7.14 Å². The third-order valence-electron chi connectivity index (χ3n) is 4.54. The van der Waals surface area contributed by atoms with Gasteiger partial charge in [-0.05, 0) is 18.8 Å². The van der Waals surface area contributed by atoms with Gasteiger partial charge < -0.3 is 4.57 Å². The molecule has 0 bridgehead atoms. The van der Waals surface area contributed by atoms with Gasteiger partial charge in [-0.3, -0.25) is 0 Å². The van der Waals surface area contributed by atoms with Gasteiger partial charge in [-0.15, -0.1) is 0 Å². The Bertz CT molecular complexity index is 253. The zero-order valence-corrected chi connectivity index (χ0v) is 16.9. The molecule has 0 saturated heterocycles. The van der Waals surface area contributed by atoms with Crippen molar-refractivity contribution in [1.29, 1.82) is 0 Å². The lowest BCUT2D eigenvalue weighted by Crippen LogP contribution is -2.06. The van der Waals surface area contributed by atoms with Gasteiger partial charge in [0.05, 0.1) is 7.14 Å². The first-order chi connectivity index (χ1) is 10.5. The van der Waals surface area contributed by atoms with Crippen LogP contribution >= 0.6 is 7.14 Å². The first kappa shape index (κ1) is 22.2. The van der Waals surface area contributed by atoms with Crippen LogP contribution in [0.15, 0.2) is 0 Å². The molecule has 0 aliphatic rings. The third-order valence-corrected chi connectivity index (χ3v) is 8.19. The van der Waals surface area contributed by atoms with E-state index in [4.69, 9.17) is 0 Å². The monoisotopic (exact) mass is 330 g/mol. The Balaban J connectivity index is 3.93. The van der Waals surface area contributed by atoms with Gasteiger partial charge in [-0.1, -0.05) is 91.9 Å². The molecule has 0 aromatic rings. The van der Waals surface area contributed by atoms with Crippen LogP contribution in [0.4, 0.5) is 0 Å². The summed E-state index contributed by atoms with van der Waals surface area (Å²) in [6.45, 7) is 8.99. The fourth-order valence-corrected chi connectivity index (χ4v) is 6.84. The third kappa shape index (κ3) is 13.9. The Labute approximate surface area is 141 Å². The van der Waals surface area contributed by atoms with E-state index in [1.54, 1.807) is 0 Å². The zero-order chi connectivity index (χ0) is 16.7. The van der Waals surface area contributed by atoms with Gasteiger partial charge >= 0.3 is 0 Å². The Hall–Kier alpha value is 0.230. The smallest absolute Gasteiger partial charge is 0.0880 e. The summed E-state index contributed by atoms with van der Waals surface area (Å²) in [5.74, 6) is 0.589. The molecule has 22 heavy (non-hydrogen) atoms. The molecular formula is C20H43OP. The van der Waals surface area contributed by atoms with Crippen LogP contribution in [0.1, 0.15) is 105 Å². The van der Waals surface area contributed by atoms with Gasteiger partial charge in [0, 0.05) is 18.5 Å². The van der Waals surface area contributed by atoms with Gasteiger partial charge in [0.15, 0.2) is 0 Å². The van der Waals surface area contributed by atoms with E-state index in [1.807, 2.05) is 0 Å². The summed E-state index contributed by atoms with van der Waals surface area (Å²) < 4.78 is 13.2. The van der Waals surface area contributed by atoms with Crippen LogP contribution in [-0.2, 0) is 4.57 Å². The maximum Gasteiger partial charge on any atom is 0.0880 e. The fraction of sp³-hybridized carbons (Fsp3) is 1.00. The summed E-state index contributed by atoms with van der Waals surface area (Å²) in [4.78, 5) is 0. The van der Waals surface area contributed by atoms with Crippen molar-refractivity contribution in [2.45, 2.75) is 105 Å². The summed E-state index contributed by atoms with van der Waals surface area (Å²) in [5, 5.41) is 0.